The van der Waals surface area contributed by atoms with Gasteiger partial charge in [0, 0.05) is 29.7 Å². The Hall–Kier alpha value is -3.73. The molecule has 0 spiro atoms. The zero-order valence-electron chi connectivity index (χ0n) is 15.2. The number of anilines is 1. The number of nitrogens with one attached hydrogen (secondary N) is 2. The van der Waals surface area contributed by atoms with Crippen LogP contribution < -0.4 is 5.32 Å². The number of aromatic amines is 1. The van der Waals surface area contributed by atoms with E-state index < -0.39 is 0 Å². The number of carbonyl (C=O) groups is 2. The molecule has 4 aromatic rings. The lowest BCUT2D eigenvalue weighted by atomic mass is 10.0. The third-order valence-electron chi connectivity index (χ3n) is 4.49. The Morgan fingerprint density at radius 2 is 1.50 bits per heavy atom. The van der Waals surface area contributed by atoms with Crippen molar-refractivity contribution in [2.24, 2.45) is 0 Å². The van der Waals surface area contributed by atoms with Crippen LogP contribution in [-0.2, 0) is 11.2 Å². The smallest absolute Gasteiger partial charge is 0.224 e. The van der Waals surface area contributed by atoms with Crippen LogP contribution in [0.25, 0.3) is 11.0 Å². The van der Waals surface area contributed by atoms with E-state index in [1.807, 2.05) is 42.5 Å². The number of hydrogen-bond donors (Lipinski definition) is 2. The van der Waals surface area contributed by atoms with Gasteiger partial charge in [-0.05, 0) is 36.4 Å². The lowest BCUT2D eigenvalue weighted by Crippen LogP contribution is -2.13. The van der Waals surface area contributed by atoms with Gasteiger partial charge in [-0.25, -0.2) is 4.98 Å². The number of para-hydroxylation sites is 2. The SMILES string of the molecule is O=C(CCc1nc2ccccc2[nH]1)Nc1ccc(C(=O)c2ccccc2)cc1. The maximum Gasteiger partial charge on any atom is 0.224 e. The molecule has 5 nitrogen and oxygen atoms in total. The molecule has 1 heterocycles. The van der Waals surface area contributed by atoms with Crippen LogP contribution in [0, 0.1) is 0 Å². The Morgan fingerprint density at radius 1 is 0.821 bits per heavy atom. The molecule has 0 bridgehead atoms. The van der Waals surface area contributed by atoms with E-state index in [0.29, 0.717) is 29.7 Å². The number of H-pyrrole nitrogens is 1. The van der Waals surface area contributed by atoms with Crippen LogP contribution in [0.4, 0.5) is 5.69 Å². The third-order valence-corrected chi connectivity index (χ3v) is 4.49. The Kier molecular flexibility index (Phi) is 4.97. The minimum Gasteiger partial charge on any atom is -0.342 e. The van der Waals surface area contributed by atoms with Crippen LogP contribution in [0.3, 0.4) is 0 Å². The number of amides is 1. The van der Waals surface area contributed by atoms with E-state index in [4.69, 9.17) is 0 Å². The molecule has 0 saturated carbocycles. The van der Waals surface area contributed by atoms with Crippen molar-refractivity contribution in [3.05, 3.63) is 95.8 Å². The predicted octanol–water partition coefficient (Wildman–Crippen LogP) is 4.37. The van der Waals surface area contributed by atoms with Gasteiger partial charge in [0.05, 0.1) is 11.0 Å². The number of rotatable bonds is 6. The fourth-order valence-electron chi connectivity index (χ4n) is 3.04. The highest BCUT2D eigenvalue weighted by Crippen LogP contribution is 2.15. The normalized spacial score (nSPS) is 10.7. The quantitative estimate of drug-likeness (QED) is 0.496. The molecular weight excluding hydrogens is 350 g/mol. The summed E-state index contributed by atoms with van der Waals surface area (Å²) in [7, 11) is 0. The molecule has 0 radical (unpaired) electrons. The van der Waals surface area contributed by atoms with Gasteiger partial charge in [-0.15, -0.1) is 0 Å². The molecule has 0 aliphatic rings. The largest absolute Gasteiger partial charge is 0.342 e. The van der Waals surface area contributed by atoms with E-state index in [-0.39, 0.29) is 11.7 Å². The lowest BCUT2D eigenvalue weighted by Gasteiger charge is -2.06. The summed E-state index contributed by atoms with van der Waals surface area (Å²) in [5.41, 5.74) is 3.77. The molecule has 1 amide bonds. The van der Waals surface area contributed by atoms with Gasteiger partial charge in [-0.2, -0.15) is 0 Å². The highest BCUT2D eigenvalue weighted by molar-refractivity contribution is 6.09. The molecule has 0 fully saturated rings. The molecule has 138 valence electrons. The number of benzene rings is 3. The first-order chi connectivity index (χ1) is 13.7. The molecule has 0 unspecified atom stereocenters. The van der Waals surface area contributed by atoms with Crippen molar-refractivity contribution < 1.29 is 9.59 Å². The molecule has 2 N–H and O–H groups in total. The summed E-state index contributed by atoms with van der Waals surface area (Å²) in [4.78, 5) is 32.3. The number of ketones is 1. The Bertz CT molecular complexity index is 1080. The second-order valence-corrected chi connectivity index (χ2v) is 6.52. The van der Waals surface area contributed by atoms with Crippen molar-refractivity contribution in [2.45, 2.75) is 12.8 Å². The van der Waals surface area contributed by atoms with Gasteiger partial charge < -0.3 is 10.3 Å². The molecule has 5 heteroatoms. The van der Waals surface area contributed by atoms with Gasteiger partial charge in [-0.3, -0.25) is 9.59 Å². The van der Waals surface area contributed by atoms with Crippen molar-refractivity contribution in [3.8, 4) is 0 Å². The van der Waals surface area contributed by atoms with Crippen LogP contribution in [0.5, 0.6) is 0 Å². The topological polar surface area (TPSA) is 74.8 Å². The first kappa shape index (κ1) is 17.7. The number of fused-ring (bicyclic) bond motifs is 1. The second-order valence-electron chi connectivity index (χ2n) is 6.52. The van der Waals surface area contributed by atoms with Crippen LogP contribution in [0.15, 0.2) is 78.9 Å². The summed E-state index contributed by atoms with van der Waals surface area (Å²) in [5, 5.41) is 2.86. The van der Waals surface area contributed by atoms with Crippen LogP contribution in [0.2, 0.25) is 0 Å². The van der Waals surface area contributed by atoms with Gasteiger partial charge in [-0.1, -0.05) is 42.5 Å². The monoisotopic (exact) mass is 369 g/mol. The average Bonchev–Trinajstić information content (AvgIpc) is 3.16. The number of aryl methyl sites for hydroxylation is 1. The molecule has 0 atom stereocenters. The second kappa shape index (κ2) is 7.88. The predicted molar refractivity (Wildman–Crippen MR) is 109 cm³/mol. The van der Waals surface area contributed by atoms with Crippen molar-refractivity contribution >= 4 is 28.4 Å². The van der Waals surface area contributed by atoms with E-state index in [0.717, 1.165) is 16.9 Å². The van der Waals surface area contributed by atoms with Crippen molar-refractivity contribution in [1.82, 2.24) is 9.97 Å². The van der Waals surface area contributed by atoms with Crippen molar-refractivity contribution in [1.29, 1.82) is 0 Å². The first-order valence-electron chi connectivity index (χ1n) is 9.12. The summed E-state index contributed by atoms with van der Waals surface area (Å²) in [6.45, 7) is 0. The van der Waals surface area contributed by atoms with Crippen molar-refractivity contribution in [2.75, 3.05) is 5.32 Å². The minimum absolute atomic E-state index is 0.0386. The zero-order valence-corrected chi connectivity index (χ0v) is 15.2. The highest BCUT2D eigenvalue weighted by Gasteiger charge is 2.10. The maximum absolute atomic E-state index is 12.4. The average molecular weight is 369 g/mol. The Balaban J connectivity index is 1.34. The van der Waals surface area contributed by atoms with Gasteiger partial charge in [0.2, 0.25) is 5.91 Å². The van der Waals surface area contributed by atoms with Gasteiger partial charge in [0.25, 0.3) is 0 Å². The summed E-state index contributed by atoms with van der Waals surface area (Å²) < 4.78 is 0. The summed E-state index contributed by atoms with van der Waals surface area (Å²) >= 11 is 0. The Morgan fingerprint density at radius 3 is 2.25 bits per heavy atom. The van der Waals surface area contributed by atoms with Gasteiger partial charge in [0.1, 0.15) is 5.82 Å². The number of carbonyl (C=O) groups excluding carboxylic acids is 2. The lowest BCUT2D eigenvalue weighted by molar-refractivity contribution is -0.116. The fraction of sp³-hybridized carbons (Fsp3) is 0.0870. The highest BCUT2D eigenvalue weighted by atomic mass is 16.1. The van der Waals surface area contributed by atoms with E-state index in [1.165, 1.54) is 0 Å². The summed E-state index contributed by atoms with van der Waals surface area (Å²) in [6, 6.07) is 23.9. The summed E-state index contributed by atoms with van der Waals surface area (Å²) in [6.07, 6.45) is 0.857. The molecule has 0 aliphatic heterocycles. The molecular formula is C23H19N3O2. The third kappa shape index (κ3) is 3.99. The molecule has 1 aromatic heterocycles. The molecule has 3 aromatic carbocycles. The standard InChI is InChI=1S/C23H19N3O2/c27-22(15-14-21-25-19-8-4-5-9-20(19)26-21)24-18-12-10-17(11-13-18)23(28)16-6-2-1-3-7-16/h1-13H,14-15H2,(H,24,27)(H,25,26). The Labute approximate surface area is 162 Å². The molecule has 4 rings (SSSR count). The van der Waals surface area contributed by atoms with Crippen LogP contribution in [0.1, 0.15) is 28.2 Å². The molecule has 28 heavy (non-hydrogen) atoms. The van der Waals surface area contributed by atoms with E-state index in [9.17, 15) is 9.59 Å². The number of hydrogen-bond acceptors (Lipinski definition) is 3. The van der Waals surface area contributed by atoms with Gasteiger partial charge >= 0.3 is 0 Å². The summed E-state index contributed by atoms with van der Waals surface area (Å²) in [5.74, 6) is 0.658. The van der Waals surface area contributed by atoms with Crippen LogP contribution >= 0.6 is 0 Å². The number of aromatic nitrogens is 2. The van der Waals surface area contributed by atoms with E-state index >= 15 is 0 Å². The zero-order chi connectivity index (χ0) is 19.3. The maximum atomic E-state index is 12.4. The van der Waals surface area contributed by atoms with E-state index in [1.54, 1.807) is 36.4 Å². The van der Waals surface area contributed by atoms with Gasteiger partial charge in [0.15, 0.2) is 5.78 Å². The fourth-order valence-corrected chi connectivity index (χ4v) is 3.04. The van der Waals surface area contributed by atoms with E-state index in [2.05, 4.69) is 15.3 Å². The minimum atomic E-state index is -0.0948. The van der Waals surface area contributed by atoms with Crippen molar-refractivity contribution in [3.63, 3.8) is 0 Å². The first-order valence-corrected chi connectivity index (χ1v) is 9.12. The number of nitrogens with zero attached hydrogens (tertiary/aromatic N) is 1. The molecule has 0 aliphatic carbocycles. The van der Waals surface area contributed by atoms with Crippen LogP contribution in [-0.4, -0.2) is 21.7 Å². The number of imidazole rings is 1. The molecule has 0 saturated heterocycles.